The molecule has 1 aromatic carbocycles. The molecule has 0 bridgehead atoms. The summed E-state index contributed by atoms with van der Waals surface area (Å²) in [6.45, 7) is 1.48. The molecule has 0 saturated heterocycles. The molecule has 0 aromatic heterocycles. The molecular weight excluding hydrogens is 192 g/mol. The van der Waals surface area contributed by atoms with Crippen molar-refractivity contribution >= 4 is 5.78 Å². The number of Topliss-reactive ketones (excluding diaryl/α,β-unsaturated/α-hetero) is 1. The van der Waals surface area contributed by atoms with Crippen molar-refractivity contribution in [1.82, 2.24) is 0 Å². The molecule has 3 nitrogen and oxygen atoms in total. The highest BCUT2D eigenvalue weighted by Gasteiger charge is 2.07. The fourth-order valence-corrected chi connectivity index (χ4v) is 1.43. The van der Waals surface area contributed by atoms with Gasteiger partial charge in [0.25, 0.3) is 0 Å². The Labute approximate surface area is 89.4 Å². The maximum Gasteiger partial charge on any atom is 0.132 e. The van der Waals surface area contributed by atoms with Crippen molar-refractivity contribution in [1.29, 1.82) is 0 Å². The van der Waals surface area contributed by atoms with Gasteiger partial charge in [0.05, 0.1) is 6.10 Å². The van der Waals surface area contributed by atoms with Crippen LogP contribution in [-0.2, 0) is 11.2 Å². The second kappa shape index (κ2) is 5.51. The number of rotatable bonds is 5. The van der Waals surface area contributed by atoms with Gasteiger partial charge in [-0.15, -0.1) is 0 Å². The van der Waals surface area contributed by atoms with Crippen molar-refractivity contribution in [2.45, 2.75) is 32.3 Å². The zero-order valence-electron chi connectivity index (χ0n) is 8.81. The Morgan fingerprint density at radius 1 is 1.33 bits per heavy atom. The van der Waals surface area contributed by atoms with Gasteiger partial charge < -0.3 is 10.2 Å². The highest BCUT2D eigenvalue weighted by molar-refractivity contribution is 5.75. The lowest BCUT2D eigenvalue weighted by Gasteiger charge is -2.08. The molecule has 1 rings (SSSR count). The number of aliphatic hydroxyl groups excluding tert-OH is 1. The van der Waals surface area contributed by atoms with E-state index in [1.807, 2.05) is 12.1 Å². The number of benzene rings is 1. The molecule has 1 atom stereocenters. The normalized spacial score (nSPS) is 12.4. The number of ketones is 1. The molecule has 0 fully saturated rings. The van der Waals surface area contributed by atoms with E-state index < -0.39 is 6.10 Å². The molecule has 3 heteroatoms. The lowest BCUT2D eigenvalue weighted by Crippen LogP contribution is -2.12. The Morgan fingerprint density at radius 3 is 2.47 bits per heavy atom. The van der Waals surface area contributed by atoms with Crippen molar-refractivity contribution in [2.24, 2.45) is 0 Å². The third-order valence-corrected chi connectivity index (χ3v) is 2.23. The quantitative estimate of drug-likeness (QED) is 0.773. The first kappa shape index (κ1) is 11.7. The smallest absolute Gasteiger partial charge is 0.132 e. The number of hydrogen-bond donors (Lipinski definition) is 2. The van der Waals surface area contributed by atoms with E-state index in [1.165, 1.54) is 6.92 Å². The summed E-state index contributed by atoms with van der Waals surface area (Å²) in [5.74, 6) is 0.247. The maximum atomic E-state index is 10.7. The van der Waals surface area contributed by atoms with E-state index in [9.17, 15) is 9.90 Å². The average molecular weight is 208 g/mol. The first-order valence-corrected chi connectivity index (χ1v) is 5.03. The molecule has 0 spiro atoms. The molecule has 0 aliphatic rings. The SMILES string of the molecule is CC(=O)CC(O)CCc1ccc(O)cc1. The summed E-state index contributed by atoms with van der Waals surface area (Å²) >= 11 is 0. The number of aromatic hydroxyl groups is 1. The Kier molecular flexibility index (Phi) is 4.31. The third-order valence-electron chi connectivity index (χ3n) is 2.23. The van der Waals surface area contributed by atoms with Gasteiger partial charge in [-0.05, 0) is 37.5 Å². The standard InChI is InChI=1S/C12H16O3/c1-9(13)8-12(15)7-4-10-2-5-11(14)6-3-10/h2-3,5-6,12,14-15H,4,7-8H2,1H3. The monoisotopic (exact) mass is 208 g/mol. The lowest BCUT2D eigenvalue weighted by atomic mass is 10.0. The molecular formula is C12H16O3. The number of hydrogen-bond acceptors (Lipinski definition) is 3. The van der Waals surface area contributed by atoms with Crippen LogP contribution in [0.4, 0.5) is 0 Å². The molecule has 0 aliphatic heterocycles. The fourth-order valence-electron chi connectivity index (χ4n) is 1.43. The van der Waals surface area contributed by atoms with Gasteiger partial charge in [0.1, 0.15) is 11.5 Å². The highest BCUT2D eigenvalue weighted by atomic mass is 16.3. The van der Waals surface area contributed by atoms with Crippen LogP contribution in [0.5, 0.6) is 5.75 Å². The van der Waals surface area contributed by atoms with Crippen LogP contribution in [0.15, 0.2) is 24.3 Å². The van der Waals surface area contributed by atoms with Crippen molar-refractivity contribution in [2.75, 3.05) is 0 Å². The fraction of sp³-hybridized carbons (Fsp3) is 0.417. The third kappa shape index (κ3) is 4.61. The minimum atomic E-state index is -0.559. The van der Waals surface area contributed by atoms with Crippen LogP contribution in [0.25, 0.3) is 0 Å². The van der Waals surface area contributed by atoms with E-state index in [0.29, 0.717) is 12.8 Å². The second-order valence-corrected chi connectivity index (χ2v) is 3.77. The molecule has 0 aliphatic carbocycles. The summed E-state index contributed by atoms with van der Waals surface area (Å²) in [6, 6.07) is 6.87. The lowest BCUT2D eigenvalue weighted by molar-refractivity contribution is -0.118. The molecule has 82 valence electrons. The molecule has 0 heterocycles. The van der Waals surface area contributed by atoms with E-state index in [4.69, 9.17) is 5.11 Å². The van der Waals surface area contributed by atoms with Gasteiger partial charge in [-0.25, -0.2) is 0 Å². The zero-order chi connectivity index (χ0) is 11.3. The summed E-state index contributed by atoms with van der Waals surface area (Å²) in [5.41, 5.74) is 1.05. The largest absolute Gasteiger partial charge is 0.508 e. The van der Waals surface area contributed by atoms with Gasteiger partial charge in [-0.3, -0.25) is 4.79 Å². The first-order valence-electron chi connectivity index (χ1n) is 5.03. The van der Waals surface area contributed by atoms with Crippen molar-refractivity contribution in [3.63, 3.8) is 0 Å². The van der Waals surface area contributed by atoms with Gasteiger partial charge in [0, 0.05) is 6.42 Å². The van der Waals surface area contributed by atoms with Crippen LogP contribution < -0.4 is 0 Å². The molecule has 1 aromatic rings. The maximum absolute atomic E-state index is 10.7. The predicted octanol–water partition coefficient (Wildman–Crippen LogP) is 1.66. The number of aliphatic hydroxyl groups is 1. The number of phenols is 1. The van der Waals surface area contributed by atoms with Gasteiger partial charge >= 0.3 is 0 Å². The topological polar surface area (TPSA) is 57.5 Å². The van der Waals surface area contributed by atoms with Crippen molar-refractivity contribution < 1.29 is 15.0 Å². The van der Waals surface area contributed by atoms with Crippen LogP contribution >= 0.6 is 0 Å². The van der Waals surface area contributed by atoms with E-state index in [1.54, 1.807) is 12.1 Å². The molecule has 15 heavy (non-hydrogen) atoms. The summed E-state index contributed by atoms with van der Waals surface area (Å²) in [7, 11) is 0. The Hall–Kier alpha value is -1.35. The van der Waals surface area contributed by atoms with E-state index in [2.05, 4.69) is 0 Å². The average Bonchev–Trinajstić information content (AvgIpc) is 2.16. The summed E-state index contributed by atoms with van der Waals surface area (Å²) in [4.78, 5) is 10.7. The minimum Gasteiger partial charge on any atom is -0.508 e. The van der Waals surface area contributed by atoms with Crippen molar-refractivity contribution in [3.05, 3.63) is 29.8 Å². The number of aryl methyl sites for hydroxylation is 1. The van der Waals surface area contributed by atoms with Crippen molar-refractivity contribution in [3.8, 4) is 5.75 Å². The van der Waals surface area contributed by atoms with Crippen LogP contribution in [0.2, 0.25) is 0 Å². The zero-order valence-corrected chi connectivity index (χ0v) is 8.81. The second-order valence-electron chi connectivity index (χ2n) is 3.77. The molecule has 1 unspecified atom stereocenters. The van der Waals surface area contributed by atoms with Crippen LogP contribution in [-0.4, -0.2) is 22.1 Å². The van der Waals surface area contributed by atoms with Crippen LogP contribution in [0, 0.1) is 0 Å². The van der Waals surface area contributed by atoms with Crippen LogP contribution in [0.3, 0.4) is 0 Å². The Balaban J connectivity index is 2.36. The Morgan fingerprint density at radius 2 is 1.93 bits per heavy atom. The minimum absolute atomic E-state index is 0.00760. The van der Waals surface area contributed by atoms with Gasteiger partial charge in [0.2, 0.25) is 0 Å². The predicted molar refractivity (Wildman–Crippen MR) is 57.7 cm³/mol. The van der Waals surface area contributed by atoms with Gasteiger partial charge in [-0.1, -0.05) is 12.1 Å². The number of carbonyl (C=O) groups is 1. The first-order chi connectivity index (χ1) is 7.08. The van der Waals surface area contributed by atoms with Gasteiger partial charge in [0.15, 0.2) is 0 Å². The Bertz CT molecular complexity index is 316. The molecule has 2 N–H and O–H groups in total. The van der Waals surface area contributed by atoms with Gasteiger partial charge in [-0.2, -0.15) is 0 Å². The van der Waals surface area contributed by atoms with E-state index >= 15 is 0 Å². The molecule has 0 amide bonds. The highest BCUT2D eigenvalue weighted by Crippen LogP contribution is 2.12. The number of phenolic OH excluding ortho intramolecular Hbond substituents is 1. The van der Waals surface area contributed by atoms with E-state index in [0.717, 1.165) is 5.56 Å². The summed E-state index contributed by atoms with van der Waals surface area (Å²) in [5, 5.41) is 18.5. The van der Waals surface area contributed by atoms with Crippen LogP contribution in [0.1, 0.15) is 25.3 Å². The number of carbonyl (C=O) groups excluding carboxylic acids is 1. The molecule has 0 radical (unpaired) electrons. The van der Waals surface area contributed by atoms with E-state index in [-0.39, 0.29) is 18.0 Å². The molecule has 0 saturated carbocycles. The summed E-state index contributed by atoms with van der Waals surface area (Å²) < 4.78 is 0. The summed E-state index contributed by atoms with van der Waals surface area (Å²) in [6.07, 6.45) is 0.952.